The van der Waals surface area contributed by atoms with Gasteiger partial charge in [-0.3, -0.25) is 4.79 Å². The molecule has 1 aromatic rings. The quantitative estimate of drug-likeness (QED) is 0.925. The molecule has 4 heteroatoms. The van der Waals surface area contributed by atoms with Crippen molar-refractivity contribution in [3.8, 4) is 0 Å². The fourth-order valence-electron chi connectivity index (χ4n) is 2.78. The lowest BCUT2D eigenvalue weighted by Gasteiger charge is -2.29. The number of nitrogens with two attached hydrogens (primary N) is 1. The van der Waals surface area contributed by atoms with Gasteiger partial charge in [0.25, 0.3) is 0 Å². The van der Waals surface area contributed by atoms with E-state index in [1.165, 1.54) is 0 Å². The smallest absolute Gasteiger partial charge is 0.240 e. The monoisotopic (exact) mass is 294 g/mol. The Morgan fingerprint density at radius 3 is 2.95 bits per heavy atom. The summed E-state index contributed by atoms with van der Waals surface area (Å²) in [6.45, 7) is 4.89. The third-order valence-electron chi connectivity index (χ3n) is 4.31. The number of nitrogens with zero attached hydrogens (tertiary/aromatic N) is 1. The average molecular weight is 295 g/mol. The lowest BCUT2D eigenvalue weighted by Crippen LogP contribution is -2.46. The lowest BCUT2D eigenvalue weighted by atomic mass is 9.97. The molecule has 1 aromatic carbocycles. The minimum absolute atomic E-state index is 0.0711. The van der Waals surface area contributed by atoms with Gasteiger partial charge in [-0.05, 0) is 36.5 Å². The zero-order valence-electron chi connectivity index (χ0n) is 12.2. The fourth-order valence-corrected chi connectivity index (χ4v) is 2.98. The SMILES string of the molecule is CCC(C)C(N)C(=O)N1CCCC1c1cccc(Cl)c1. The van der Waals surface area contributed by atoms with Crippen molar-refractivity contribution in [3.05, 3.63) is 34.9 Å². The van der Waals surface area contributed by atoms with Crippen LogP contribution in [-0.2, 0) is 4.79 Å². The first kappa shape index (κ1) is 15.3. The van der Waals surface area contributed by atoms with E-state index in [0.717, 1.165) is 31.4 Å². The van der Waals surface area contributed by atoms with E-state index in [9.17, 15) is 4.79 Å². The number of amides is 1. The molecule has 1 saturated heterocycles. The molecule has 0 saturated carbocycles. The Balaban J connectivity index is 2.17. The molecular weight excluding hydrogens is 272 g/mol. The Bertz CT molecular complexity index is 477. The Kier molecular flexibility index (Phi) is 5.06. The Morgan fingerprint density at radius 2 is 2.30 bits per heavy atom. The van der Waals surface area contributed by atoms with Crippen molar-refractivity contribution in [2.45, 2.75) is 45.2 Å². The third kappa shape index (κ3) is 3.15. The maximum Gasteiger partial charge on any atom is 0.240 e. The van der Waals surface area contributed by atoms with Crippen LogP contribution < -0.4 is 5.73 Å². The van der Waals surface area contributed by atoms with Crippen LogP contribution in [0.3, 0.4) is 0 Å². The number of carbonyl (C=O) groups is 1. The molecule has 0 spiro atoms. The summed E-state index contributed by atoms with van der Waals surface area (Å²) >= 11 is 6.06. The standard InChI is InChI=1S/C16H23ClN2O/c1-3-11(2)15(18)16(20)19-9-5-8-14(19)12-6-4-7-13(17)10-12/h4,6-7,10-11,14-15H,3,5,8-9,18H2,1-2H3. The largest absolute Gasteiger partial charge is 0.334 e. The van der Waals surface area contributed by atoms with Gasteiger partial charge in [0.1, 0.15) is 0 Å². The van der Waals surface area contributed by atoms with Gasteiger partial charge in [-0.25, -0.2) is 0 Å². The van der Waals surface area contributed by atoms with Crippen LogP contribution in [-0.4, -0.2) is 23.4 Å². The second kappa shape index (κ2) is 6.59. The molecule has 3 unspecified atom stereocenters. The molecule has 2 rings (SSSR count). The van der Waals surface area contributed by atoms with Crippen molar-refractivity contribution >= 4 is 17.5 Å². The summed E-state index contributed by atoms with van der Waals surface area (Å²) in [7, 11) is 0. The molecule has 20 heavy (non-hydrogen) atoms. The van der Waals surface area contributed by atoms with Crippen molar-refractivity contribution in [1.82, 2.24) is 4.90 Å². The normalized spacial score (nSPS) is 21.8. The maximum atomic E-state index is 12.6. The number of rotatable bonds is 4. The van der Waals surface area contributed by atoms with E-state index in [2.05, 4.69) is 6.92 Å². The summed E-state index contributed by atoms with van der Waals surface area (Å²) in [5.74, 6) is 0.282. The van der Waals surface area contributed by atoms with E-state index in [0.29, 0.717) is 5.02 Å². The number of benzene rings is 1. The predicted octanol–water partition coefficient (Wildman–Crippen LogP) is 3.38. The van der Waals surface area contributed by atoms with Crippen LogP contribution in [0.2, 0.25) is 5.02 Å². The first-order valence-corrected chi connectivity index (χ1v) is 7.74. The van der Waals surface area contributed by atoms with Gasteiger partial charge in [-0.2, -0.15) is 0 Å². The van der Waals surface area contributed by atoms with E-state index >= 15 is 0 Å². The number of carbonyl (C=O) groups excluding carboxylic acids is 1. The van der Waals surface area contributed by atoms with E-state index in [-0.39, 0.29) is 17.9 Å². The van der Waals surface area contributed by atoms with E-state index in [1.54, 1.807) is 0 Å². The molecule has 1 aliphatic heterocycles. The molecule has 0 aromatic heterocycles. The molecule has 3 atom stereocenters. The van der Waals surface area contributed by atoms with Gasteiger partial charge in [0.15, 0.2) is 0 Å². The van der Waals surface area contributed by atoms with Gasteiger partial charge in [0, 0.05) is 11.6 Å². The Labute approximate surface area is 126 Å². The van der Waals surface area contributed by atoms with Gasteiger partial charge < -0.3 is 10.6 Å². The summed E-state index contributed by atoms with van der Waals surface area (Å²) in [5, 5.41) is 0.716. The molecule has 3 nitrogen and oxygen atoms in total. The van der Waals surface area contributed by atoms with Gasteiger partial charge in [-0.15, -0.1) is 0 Å². The molecule has 1 amide bonds. The first-order chi connectivity index (χ1) is 9.54. The van der Waals surface area contributed by atoms with Crippen LogP contribution in [0.1, 0.15) is 44.7 Å². The van der Waals surface area contributed by atoms with E-state index in [1.807, 2.05) is 36.1 Å². The van der Waals surface area contributed by atoms with Crippen LogP contribution in [0.25, 0.3) is 0 Å². The van der Waals surface area contributed by atoms with E-state index < -0.39 is 6.04 Å². The second-order valence-corrected chi connectivity index (χ2v) is 6.09. The number of halogens is 1. The molecule has 2 N–H and O–H groups in total. The average Bonchev–Trinajstić information content (AvgIpc) is 2.94. The number of likely N-dealkylation sites (tertiary alicyclic amines) is 1. The summed E-state index contributed by atoms with van der Waals surface area (Å²) in [6, 6.07) is 7.50. The van der Waals surface area contributed by atoms with Crippen LogP contribution in [0, 0.1) is 5.92 Å². The minimum Gasteiger partial charge on any atom is -0.334 e. The van der Waals surface area contributed by atoms with Crippen molar-refractivity contribution in [1.29, 1.82) is 0 Å². The van der Waals surface area contributed by atoms with Crippen molar-refractivity contribution in [2.24, 2.45) is 11.7 Å². The minimum atomic E-state index is -0.403. The summed E-state index contributed by atoms with van der Waals surface area (Å²) < 4.78 is 0. The van der Waals surface area contributed by atoms with Crippen molar-refractivity contribution in [3.63, 3.8) is 0 Å². The zero-order chi connectivity index (χ0) is 14.7. The van der Waals surface area contributed by atoms with Gasteiger partial charge in [0.05, 0.1) is 12.1 Å². The number of hydrogen-bond acceptors (Lipinski definition) is 2. The highest BCUT2D eigenvalue weighted by Crippen LogP contribution is 2.33. The third-order valence-corrected chi connectivity index (χ3v) is 4.55. The summed E-state index contributed by atoms with van der Waals surface area (Å²) in [6.07, 6.45) is 2.93. The van der Waals surface area contributed by atoms with Gasteiger partial charge >= 0.3 is 0 Å². The highest BCUT2D eigenvalue weighted by molar-refractivity contribution is 6.30. The molecule has 0 aliphatic carbocycles. The topological polar surface area (TPSA) is 46.3 Å². The van der Waals surface area contributed by atoms with Crippen LogP contribution in [0.5, 0.6) is 0 Å². The predicted molar refractivity (Wildman–Crippen MR) is 82.6 cm³/mol. The molecule has 0 radical (unpaired) electrons. The Hall–Kier alpha value is -1.06. The highest BCUT2D eigenvalue weighted by atomic mass is 35.5. The lowest BCUT2D eigenvalue weighted by molar-refractivity contribution is -0.134. The molecule has 0 bridgehead atoms. The molecule has 1 fully saturated rings. The van der Waals surface area contributed by atoms with Gasteiger partial charge in [0.2, 0.25) is 5.91 Å². The van der Waals surface area contributed by atoms with Gasteiger partial charge in [-0.1, -0.05) is 44.0 Å². The van der Waals surface area contributed by atoms with Crippen molar-refractivity contribution < 1.29 is 4.79 Å². The molecule has 110 valence electrons. The van der Waals surface area contributed by atoms with Crippen LogP contribution in [0.4, 0.5) is 0 Å². The number of hydrogen-bond donors (Lipinski definition) is 1. The van der Waals surface area contributed by atoms with Crippen molar-refractivity contribution in [2.75, 3.05) is 6.54 Å². The highest BCUT2D eigenvalue weighted by Gasteiger charge is 2.34. The van der Waals surface area contributed by atoms with Crippen LogP contribution >= 0.6 is 11.6 Å². The first-order valence-electron chi connectivity index (χ1n) is 7.36. The molecule has 1 aliphatic rings. The zero-order valence-corrected chi connectivity index (χ0v) is 12.9. The van der Waals surface area contributed by atoms with E-state index in [4.69, 9.17) is 17.3 Å². The second-order valence-electron chi connectivity index (χ2n) is 5.66. The van der Waals surface area contributed by atoms with Crippen LogP contribution in [0.15, 0.2) is 24.3 Å². The molecule has 1 heterocycles. The summed E-state index contributed by atoms with van der Waals surface area (Å²) in [4.78, 5) is 14.5. The fraction of sp³-hybridized carbons (Fsp3) is 0.562. The Morgan fingerprint density at radius 1 is 1.55 bits per heavy atom. The summed E-state index contributed by atoms with van der Waals surface area (Å²) in [5.41, 5.74) is 7.21. The molecular formula is C16H23ClN2O. The maximum absolute atomic E-state index is 12.6.